The average molecular weight is 508 g/mol. The average Bonchev–Trinajstić information content (AvgIpc) is 2.74. The van der Waals surface area contributed by atoms with Gasteiger partial charge in [-0.3, -0.25) is 19.4 Å². The summed E-state index contributed by atoms with van der Waals surface area (Å²) in [5, 5.41) is 35.5. The number of aliphatic hydroxyl groups is 2. The van der Waals surface area contributed by atoms with Crippen LogP contribution < -0.4 is 33.2 Å². The van der Waals surface area contributed by atoms with Crippen molar-refractivity contribution in [1.82, 2.24) is 16.0 Å². The van der Waals surface area contributed by atoms with Crippen LogP contribution in [0.1, 0.15) is 33.1 Å². The fraction of sp³-hybridized carbons (Fsp3) is 0.737. The van der Waals surface area contributed by atoms with E-state index in [-0.39, 0.29) is 25.3 Å². The van der Waals surface area contributed by atoms with Crippen molar-refractivity contribution in [2.75, 3.05) is 18.6 Å². The van der Waals surface area contributed by atoms with Crippen LogP contribution in [0.2, 0.25) is 0 Å². The first-order valence-corrected chi connectivity index (χ1v) is 12.0. The number of nitrogens with zero attached hydrogens (tertiary/aromatic N) is 1. The number of nitrogens with two attached hydrogens (primary N) is 3. The van der Waals surface area contributed by atoms with Crippen molar-refractivity contribution < 1.29 is 34.5 Å². The highest BCUT2D eigenvalue weighted by molar-refractivity contribution is 7.98. The van der Waals surface area contributed by atoms with Gasteiger partial charge in [0.1, 0.15) is 18.1 Å². The number of carboxylic acid groups (broad SMARTS) is 1. The number of hydrogen-bond donors (Lipinski definition) is 9. The summed E-state index contributed by atoms with van der Waals surface area (Å²) >= 11 is 1.40. The lowest BCUT2D eigenvalue weighted by atomic mass is 10.1. The monoisotopic (exact) mass is 507 g/mol. The van der Waals surface area contributed by atoms with E-state index >= 15 is 0 Å². The Labute approximate surface area is 202 Å². The van der Waals surface area contributed by atoms with Crippen LogP contribution in [0, 0.1) is 0 Å². The molecule has 3 amide bonds. The third-order valence-corrected chi connectivity index (χ3v) is 5.33. The highest BCUT2D eigenvalue weighted by atomic mass is 32.2. The number of aliphatic imine (C=N–C) groups is 1. The zero-order valence-electron chi connectivity index (χ0n) is 19.6. The molecule has 0 saturated carbocycles. The standard InChI is InChI=1S/C19H37N7O7S/c1-9(27)13(20)17(31)25-11(5-4-7-23-19(21)22)15(29)24-12(6-8-34-3)16(30)26-14(10(2)28)18(32)33/h9-14,27-28H,4-8,20H2,1-3H3,(H,24,29)(H,25,31)(H,26,30)(H,32,33)(H4,21,22,23). The minimum Gasteiger partial charge on any atom is -0.480 e. The summed E-state index contributed by atoms with van der Waals surface area (Å²) in [6, 6.07) is -5.13. The highest BCUT2D eigenvalue weighted by Crippen LogP contribution is 2.06. The molecule has 14 nitrogen and oxygen atoms in total. The minimum absolute atomic E-state index is 0.0865. The second-order valence-electron chi connectivity index (χ2n) is 7.68. The molecule has 34 heavy (non-hydrogen) atoms. The van der Waals surface area contributed by atoms with E-state index in [0.717, 1.165) is 0 Å². The van der Waals surface area contributed by atoms with E-state index in [9.17, 15) is 34.5 Å². The van der Waals surface area contributed by atoms with Crippen LogP contribution >= 0.6 is 11.8 Å². The van der Waals surface area contributed by atoms with Gasteiger partial charge < -0.3 is 48.5 Å². The zero-order chi connectivity index (χ0) is 26.4. The molecule has 0 aliphatic carbocycles. The molecule has 0 radical (unpaired) electrons. The van der Waals surface area contributed by atoms with Crippen molar-refractivity contribution in [3.8, 4) is 0 Å². The van der Waals surface area contributed by atoms with E-state index in [4.69, 9.17) is 17.2 Å². The van der Waals surface area contributed by atoms with E-state index in [0.29, 0.717) is 12.2 Å². The molecule has 6 atom stereocenters. The van der Waals surface area contributed by atoms with Gasteiger partial charge in [0.25, 0.3) is 0 Å². The van der Waals surface area contributed by atoms with Crippen molar-refractivity contribution in [3.05, 3.63) is 0 Å². The maximum absolute atomic E-state index is 13.0. The molecule has 6 unspecified atom stereocenters. The van der Waals surface area contributed by atoms with E-state index in [2.05, 4.69) is 20.9 Å². The number of carboxylic acids is 1. The molecule has 0 heterocycles. The van der Waals surface area contributed by atoms with Gasteiger partial charge >= 0.3 is 5.97 Å². The molecule has 0 fully saturated rings. The fourth-order valence-electron chi connectivity index (χ4n) is 2.68. The molecule has 0 bridgehead atoms. The SMILES string of the molecule is CSCCC(NC(=O)C(CCCN=C(N)N)NC(=O)C(N)C(C)O)C(=O)NC(C(=O)O)C(C)O. The summed E-state index contributed by atoms with van der Waals surface area (Å²) in [7, 11) is 0. The molecule has 0 aromatic heterocycles. The Kier molecular flexibility index (Phi) is 14.8. The summed E-state index contributed by atoms with van der Waals surface area (Å²) in [6.45, 7) is 2.71. The first kappa shape index (κ1) is 31.4. The quantitative estimate of drug-likeness (QED) is 0.0560. The topological polar surface area (TPSA) is 255 Å². The molecular formula is C19H37N7O7S. The number of thioether (sulfide) groups is 1. The summed E-state index contributed by atoms with van der Waals surface area (Å²) in [5.74, 6) is -3.42. The van der Waals surface area contributed by atoms with Crippen molar-refractivity contribution >= 4 is 41.4 Å². The van der Waals surface area contributed by atoms with Gasteiger partial charge in [-0.2, -0.15) is 11.8 Å². The first-order chi connectivity index (χ1) is 15.8. The van der Waals surface area contributed by atoms with Crippen molar-refractivity contribution in [1.29, 1.82) is 0 Å². The number of rotatable bonds is 16. The lowest BCUT2D eigenvalue weighted by Gasteiger charge is -2.26. The van der Waals surface area contributed by atoms with Gasteiger partial charge in [0.15, 0.2) is 12.0 Å². The second kappa shape index (κ2) is 16.1. The fourth-order valence-corrected chi connectivity index (χ4v) is 3.15. The van der Waals surface area contributed by atoms with E-state index in [1.165, 1.54) is 25.6 Å². The number of aliphatic hydroxyl groups excluding tert-OH is 2. The largest absolute Gasteiger partial charge is 0.480 e. The smallest absolute Gasteiger partial charge is 0.328 e. The summed E-state index contributed by atoms with van der Waals surface area (Å²) in [5.41, 5.74) is 16.2. The van der Waals surface area contributed by atoms with Crippen LogP contribution in [-0.4, -0.2) is 99.9 Å². The van der Waals surface area contributed by atoms with Gasteiger partial charge in [-0.15, -0.1) is 0 Å². The van der Waals surface area contributed by atoms with Crippen LogP contribution in [0.4, 0.5) is 0 Å². The van der Waals surface area contributed by atoms with Gasteiger partial charge in [0.2, 0.25) is 17.7 Å². The third kappa shape index (κ3) is 12.0. The van der Waals surface area contributed by atoms with Gasteiger partial charge in [-0.25, -0.2) is 4.79 Å². The highest BCUT2D eigenvalue weighted by Gasteiger charge is 2.32. The minimum atomic E-state index is -1.57. The number of hydrogen-bond acceptors (Lipinski definition) is 9. The number of carbonyl (C=O) groups excluding carboxylic acids is 3. The summed E-state index contributed by atoms with van der Waals surface area (Å²) in [4.78, 5) is 53.1. The molecule has 12 N–H and O–H groups in total. The lowest BCUT2D eigenvalue weighted by Crippen LogP contribution is -2.59. The number of nitrogens with one attached hydrogen (secondary N) is 3. The Morgan fingerprint density at radius 1 is 0.912 bits per heavy atom. The Morgan fingerprint density at radius 2 is 1.44 bits per heavy atom. The number of aliphatic carboxylic acids is 1. The second-order valence-corrected chi connectivity index (χ2v) is 8.67. The molecule has 0 aliphatic rings. The third-order valence-electron chi connectivity index (χ3n) is 4.69. The van der Waals surface area contributed by atoms with Crippen LogP contribution in [0.25, 0.3) is 0 Å². The van der Waals surface area contributed by atoms with E-state index < -0.39 is 60.1 Å². The van der Waals surface area contributed by atoms with Crippen LogP contribution in [-0.2, 0) is 19.2 Å². The molecule has 0 aromatic rings. The van der Waals surface area contributed by atoms with Gasteiger partial charge in [0, 0.05) is 6.54 Å². The number of guanidine groups is 1. The summed E-state index contributed by atoms with van der Waals surface area (Å²) in [6.07, 6.45) is -0.209. The van der Waals surface area contributed by atoms with E-state index in [1.54, 1.807) is 6.26 Å². The predicted octanol–water partition coefficient (Wildman–Crippen LogP) is -3.58. The zero-order valence-corrected chi connectivity index (χ0v) is 20.4. The Balaban J connectivity index is 5.55. The predicted molar refractivity (Wildman–Crippen MR) is 128 cm³/mol. The summed E-state index contributed by atoms with van der Waals surface area (Å²) < 4.78 is 0. The molecule has 0 aliphatic heterocycles. The maximum Gasteiger partial charge on any atom is 0.328 e. The Hall–Kier alpha value is -2.62. The number of amides is 3. The van der Waals surface area contributed by atoms with Crippen molar-refractivity contribution in [2.24, 2.45) is 22.2 Å². The molecular weight excluding hydrogens is 470 g/mol. The Morgan fingerprint density at radius 3 is 1.91 bits per heavy atom. The molecule has 0 rings (SSSR count). The maximum atomic E-state index is 13.0. The van der Waals surface area contributed by atoms with Gasteiger partial charge in [-0.1, -0.05) is 0 Å². The number of carbonyl (C=O) groups is 4. The van der Waals surface area contributed by atoms with Crippen LogP contribution in [0.15, 0.2) is 4.99 Å². The molecule has 0 aromatic carbocycles. The van der Waals surface area contributed by atoms with Crippen molar-refractivity contribution in [2.45, 2.75) is 69.5 Å². The van der Waals surface area contributed by atoms with Crippen molar-refractivity contribution in [3.63, 3.8) is 0 Å². The lowest BCUT2D eigenvalue weighted by molar-refractivity contribution is -0.145. The molecule has 0 spiro atoms. The molecule has 0 saturated heterocycles. The Bertz CT molecular complexity index is 717. The van der Waals surface area contributed by atoms with Gasteiger partial charge in [0.05, 0.1) is 12.2 Å². The van der Waals surface area contributed by atoms with E-state index in [1.807, 2.05) is 0 Å². The van der Waals surface area contributed by atoms with Crippen LogP contribution in [0.3, 0.4) is 0 Å². The molecule has 196 valence electrons. The van der Waals surface area contributed by atoms with Gasteiger partial charge in [-0.05, 0) is 45.1 Å². The normalized spacial score (nSPS) is 16.2. The van der Waals surface area contributed by atoms with Crippen LogP contribution in [0.5, 0.6) is 0 Å². The first-order valence-electron chi connectivity index (χ1n) is 10.6. The molecule has 15 heteroatoms.